The average Bonchev–Trinajstić information content (AvgIpc) is 2.77. The van der Waals surface area contributed by atoms with Crippen molar-refractivity contribution in [3.63, 3.8) is 0 Å². The Morgan fingerprint density at radius 3 is 2.84 bits per heavy atom. The van der Waals surface area contributed by atoms with E-state index in [1.165, 1.54) is 33.0 Å². The number of nitro groups is 1. The molecule has 96 valence electrons. The molecule has 0 saturated heterocycles. The van der Waals surface area contributed by atoms with Crippen LogP contribution in [-0.2, 0) is 0 Å². The smallest absolute Gasteiger partial charge is 0.258 e. The number of nitrogens with zero attached hydrogens (tertiary/aromatic N) is 4. The summed E-state index contributed by atoms with van der Waals surface area (Å²) in [5, 5.41) is 20.0. The Hall–Kier alpha value is -1.34. The van der Waals surface area contributed by atoms with Gasteiger partial charge in [0.1, 0.15) is 6.07 Å². The number of hydrogen-bond acceptors (Lipinski definition) is 7. The van der Waals surface area contributed by atoms with E-state index in [4.69, 9.17) is 16.9 Å². The van der Waals surface area contributed by atoms with Crippen LogP contribution in [-0.4, -0.2) is 9.30 Å². The van der Waals surface area contributed by atoms with E-state index in [1.807, 2.05) is 6.07 Å². The highest BCUT2D eigenvalue weighted by Crippen LogP contribution is 2.33. The van der Waals surface area contributed by atoms with Crippen molar-refractivity contribution in [2.24, 2.45) is 4.99 Å². The number of non-ortho nitro benzene ring substituents is 1. The van der Waals surface area contributed by atoms with Crippen molar-refractivity contribution in [2.75, 3.05) is 0 Å². The van der Waals surface area contributed by atoms with Gasteiger partial charge in [-0.05, 0) is 26.3 Å². The van der Waals surface area contributed by atoms with Crippen molar-refractivity contribution in [1.29, 1.82) is 5.26 Å². The van der Waals surface area contributed by atoms with Crippen molar-refractivity contribution >= 4 is 59.8 Å². The average molecular weight is 378 g/mol. The van der Waals surface area contributed by atoms with Gasteiger partial charge >= 0.3 is 0 Å². The Morgan fingerprint density at radius 1 is 1.58 bits per heavy atom. The van der Waals surface area contributed by atoms with E-state index in [1.54, 1.807) is 0 Å². The van der Waals surface area contributed by atoms with E-state index in [0.29, 0.717) is 14.8 Å². The first kappa shape index (κ1) is 14.1. The number of hydrogen-bond donors (Lipinski definition) is 0. The van der Waals surface area contributed by atoms with Crippen LogP contribution in [0.3, 0.4) is 0 Å². The van der Waals surface area contributed by atoms with Gasteiger partial charge in [-0.15, -0.1) is 0 Å². The van der Waals surface area contributed by atoms with Gasteiger partial charge in [0.2, 0.25) is 0 Å². The lowest BCUT2D eigenvalue weighted by Gasteiger charge is -2.00. The number of aromatic nitrogens is 1. The van der Waals surface area contributed by atoms with Gasteiger partial charge in [-0.1, -0.05) is 11.6 Å². The third-order valence-corrected chi connectivity index (χ3v) is 4.78. The summed E-state index contributed by atoms with van der Waals surface area (Å²) in [6, 6.07) is 4.34. The van der Waals surface area contributed by atoms with Crippen molar-refractivity contribution in [1.82, 2.24) is 4.37 Å². The summed E-state index contributed by atoms with van der Waals surface area (Å²) in [5.74, 6) is 0. The summed E-state index contributed by atoms with van der Waals surface area (Å²) < 4.78 is 4.68. The third kappa shape index (κ3) is 2.98. The second-order valence-electron chi connectivity index (χ2n) is 3.15. The molecule has 19 heavy (non-hydrogen) atoms. The van der Waals surface area contributed by atoms with Crippen molar-refractivity contribution in [3.8, 4) is 6.07 Å². The number of nitriles is 1. The maximum atomic E-state index is 10.7. The summed E-state index contributed by atoms with van der Waals surface area (Å²) in [5.41, 5.74) is 0.211. The molecule has 0 spiro atoms. The summed E-state index contributed by atoms with van der Waals surface area (Å²) >= 11 is 9.00. The molecule has 10 heteroatoms. The van der Waals surface area contributed by atoms with Gasteiger partial charge in [0.15, 0.2) is 9.82 Å². The third-order valence-electron chi connectivity index (χ3n) is 2.00. The van der Waals surface area contributed by atoms with Gasteiger partial charge in [-0.25, -0.2) is 4.99 Å². The molecule has 0 N–H and O–H groups in total. The molecular formula is C9H2BrClN4O2S2. The molecule has 2 rings (SSSR count). The van der Waals surface area contributed by atoms with Crippen LogP contribution < -0.4 is 4.67 Å². The highest BCUT2D eigenvalue weighted by atomic mass is 79.9. The molecule has 1 heterocycles. The van der Waals surface area contributed by atoms with Crippen LogP contribution >= 0.6 is 48.4 Å². The van der Waals surface area contributed by atoms with E-state index in [9.17, 15) is 10.1 Å². The zero-order chi connectivity index (χ0) is 14.0. The SMILES string of the molecule is N#Cc1cc([N+](=O)[O-])cc(Br)c1N=c1ssnc1Cl. The minimum absolute atomic E-state index is 0.0931. The van der Waals surface area contributed by atoms with Crippen LogP contribution in [0.5, 0.6) is 0 Å². The molecule has 0 atom stereocenters. The normalized spacial score (nSPS) is 11.3. The minimum atomic E-state index is -0.572. The lowest BCUT2D eigenvalue weighted by Crippen LogP contribution is -1.95. The fraction of sp³-hybridized carbons (Fsp3) is 0. The Bertz CT molecular complexity index is 764. The molecule has 2 aromatic rings. The lowest BCUT2D eigenvalue weighted by atomic mass is 10.2. The fourth-order valence-electron chi connectivity index (χ4n) is 1.22. The Morgan fingerprint density at radius 2 is 2.32 bits per heavy atom. The lowest BCUT2D eigenvalue weighted by molar-refractivity contribution is -0.384. The first-order valence-electron chi connectivity index (χ1n) is 4.57. The first-order chi connectivity index (χ1) is 9.02. The maximum Gasteiger partial charge on any atom is 0.272 e. The van der Waals surface area contributed by atoms with Gasteiger partial charge < -0.3 is 0 Å². The zero-order valence-corrected chi connectivity index (χ0v) is 12.8. The van der Waals surface area contributed by atoms with Crippen LogP contribution in [0.4, 0.5) is 11.4 Å². The maximum absolute atomic E-state index is 10.7. The van der Waals surface area contributed by atoms with Gasteiger partial charge in [0.25, 0.3) is 5.69 Å². The van der Waals surface area contributed by atoms with Crippen LogP contribution in [0, 0.1) is 21.4 Å². The van der Waals surface area contributed by atoms with Crippen LogP contribution in [0.1, 0.15) is 5.56 Å². The molecule has 0 radical (unpaired) electrons. The monoisotopic (exact) mass is 376 g/mol. The van der Waals surface area contributed by atoms with E-state index in [2.05, 4.69) is 25.3 Å². The largest absolute Gasteiger partial charge is 0.272 e. The second kappa shape index (κ2) is 5.75. The molecule has 0 aliphatic rings. The molecule has 6 nitrogen and oxygen atoms in total. The molecule has 0 fully saturated rings. The van der Waals surface area contributed by atoms with Crippen molar-refractivity contribution < 1.29 is 4.92 Å². The molecule has 1 aromatic heterocycles. The number of nitro benzene ring substituents is 1. The zero-order valence-electron chi connectivity index (χ0n) is 8.83. The molecular weight excluding hydrogens is 376 g/mol. The standard InChI is InChI=1S/C9H2BrClN4O2S2/c10-6-2-5(15(16)17)1-4(3-12)7(6)13-9-8(11)14-19-18-9/h1-2H. The quantitative estimate of drug-likeness (QED) is 0.454. The molecule has 0 bridgehead atoms. The predicted octanol–water partition coefficient (Wildman–Crippen LogP) is 3.63. The van der Waals surface area contributed by atoms with E-state index < -0.39 is 4.92 Å². The van der Waals surface area contributed by atoms with E-state index in [0.717, 1.165) is 0 Å². The fourth-order valence-corrected chi connectivity index (χ4v) is 3.73. The Kier molecular flexibility index (Phi) is 4.26. The molecule has 1 aromatic carbocycles. The molecule has 0 unspecified atom stereocenters. The highest BCUT2D eigenvalue weighted by Gasteiger charge is 2.15. The minimum Gasteiger partial charge on any atom is -0.258 e. The van der Waals surface area contributed by atoms with Gasteiger partial charge in [-0.2, -0.15) is 9.64 Å². The number of benzene rings is 1. The Balaban J connectivity index is 2.69. The number of halogens is 2. The summed E-state index contributed by atoms with van der Waals surface area (Å²) in [7, 11) is 2.42. The molecule has 0 aliphatic heterocycles. The van der Waals surface area contributed by atoms with Crippen LogP contribution in [0.15, 0.2) is 21.6 Å². The topological polar surface area (TPSA) is 92.2 Å². The van der Waals surface area contributed by atoms with Crippen LogP contribution in [0.2, 0.25) is 5.15 Å². The molecule has 0 saturated carbocycles. The van der Waals surface area contributed by atoms with Gasteiger partial charge in [-0.3, -0.25) is 10.1 Å². The van der Waals surface area contributed by atoms with Crippen molar-refractivity contribution in [2.45, 2.75) is 0 Å². The van der Waals surface area contributed by atoms with Gasteiger partial charge in [0.05, 0.1) is 20.6 Å². The van der Waals surface area contributed by atoms with Crippen LogP contribution in [0.25, 0.3) is 0 Å². The second-order valence-corrected chi connectivity index (χ2v) is 6.19. The molecule has 0 amide bonds. The number of rotatable bonds is 2. The summed E-state index contributed by atoms with van der Waals surface area (Å²) in [4.78, 5) is 14.4. The van der Waals surface area contributed by atoms with Gasteiger partial charge in [0, 0.05) is 22.7 Å². The molecule has 0 aliphatic carbocycles. The predicted molar refractivity (Wildman–Crippen MR) is 75.7 cm³/mol. The van der Waals surface area contributed by atoms with E-state index in [-0.39, 0.29) is 16.4 Å². The van der Waals surface area contributed by atoms with E-state index >= 15 is 0 Å². The highest BCUT2D eigenvalue weighted by molar-refractivity contribution is 9.10. The van der Waals surface area contributed by atoms with Crippen molar-refractivity contribution in [3.05, 3.63) is 42.1 Å². The summed E-state index contributed by atoms with van der Waals surface area (Å²) in [6.45, 7) is 0. The Labute approximate surface area is 127 Å². The first-order valence-corrected chi connectivity index (χ1v) is 7.85. The summed E-state index contributed by atoms with van der Waals surface area (Å²) in [6.07, 6.45) is 0.